The largest absolute Gasteiger partial charge is 0.364 e. The van der Waals surface area contributed by atoms with Crippen molar-refractivity contribution in [1.29, 1.82) is 0 Å². The number of nitrogens with two attached hydrogens (primary N) is 1. The van der Waals surface area contributed by atoms with E-state index in [9.17, 15) is 9.59 Å². The van der Waals surface area contributed by atoms with Gasteiger partial charge in [0, 0.05) is 43.3 Å². The van der Waals surface area contributed by atoms with Gasteiger partial charge in [-0.3, -0.25) is 14.6 Å². The van der Waals surface area contributed by atoms with E-state index in [-0.39, 0.29) is 23.5 Å². The molecule has 0 bridgehead atoms. The molecule has 1 aliphatic rings. The van der Waals surface area contributed by atoms with Crippen LogP contribution in [0.2, 0.25) is 0 Å². The summed E-state index contributed by atoms with van der Waals surface area (Å²) in [7, 11) is 0. The molecule has 0 spiro atoms. The van der Waals surface area contributed by atoms with Crippen molar-refractivity contribution in [2.45, 2.75) is 19.4 Å². The van der Waals surface area contributed by atoms with E-state index in [0.717, 1.165) is 23.0 Å². The van der Waals surface area contributed by atoms with Gasteiger partial charge in [-0.15, -0.1) is 0 Å². The van der Waals surface area contributed by atoms with Crippen molar-refractivity contribution in [3.63, 3.8) is 0 Å². The average Bonchev–Trinajstić information content (AvgIpc) is 3.17. The lowest BCUT2D eigenvalue weighted by Gasteiger charge is -2.16. The fraction of sp³-hybridized carbons (Fsp3) is 0.250. The molecule has 3 aromatic rings. The van der Waals surface area contributed by atoms with Crippen LogP contribution in [-0.4, -0.2) is 50.8 Å². The smallest absolute Gasteiger partial charge is 0.271 e. The molecular weight excluding hydrogens is 370 g/mol. The third-order valence-corrected chi connectivity index (χ3v) is 4.86. The number of carbonyl (C=O) groups excluding carboxylic acids is 2. The molecule has 0 aliphatic carbocycles. The molecule has 3 heterocycles. The second kappa shape index (κ2) is 7.70. The minimum Gasteiger partial charge on any atom is -0.364 e. The zero-order chi connectivity index (χ0) is 20.4. The van der Waals surface area contributed by atoms with Crippen molar-refractivity contribution in [3.05, 3.63) is 48.4 Å². The molecule has 1 aliphatic heterocycles. The number of hydrogen-bond donors (Lipinski definition) is 3. The normalized spacial score (nSPS) is 16.0. The number of primary amides is 1. The molecule has 1 fully saturated rings. The van der Waals surface area contributed by atoms with Crippen molar-refractivity contribution in [2.75, 3.05) is 23.7 Å². The lowest BCUT2D eigenvalue weighted by molar-refractivity contribution is -0.127. The van der Waals surface area contributed by atoms with Crippen LogP contribution < -0.4 is 16.4 Å². The Balaban J connectivity index is 1.58. The van der Waals surface area contributed by atoms with E-state index in [1.165, 1.54) is 6.20 Å². The van der Waals surface area contributed by atoms with Gasteiger partial charge in [0.05, 0.1) is 11.7 Å². The Kier molecular flexibility index (Phi) is 4.94. The predicted molar refractivity (Wildman–Crippen MR) is 110 cm³/mol. The Morgan fingerprint density at radius 3 is 2.86 bits per heavy atom. The Bertz CT molecular complexity index is 1090. The third-order valence-electron chi connectivity index (χ3n) is 4.86. The number of aromatic nitrogens is 3. The Hall–Kier alpha value is -3.75. The van der Waals surface area contributed by atoms with Crippen LogP contribution in [-0.2, 0) is 4.79 Å². The van der Waals surface area contributed by atoms with Gasteiger partial charge in [0.15, 0.2) is 11.5 Å². The second-order valence-electron chi connectivity index (χ2n) is 6.95. The molecule has 148 valence electrons. The van der Waals surface area contributed by atoms with Crippen LogP contribution in [0.1, 0.15) is 23.8 Å². The number of amides is 2. The highest BCUT2D eigenvalue weighted by atomic mass is 16.2. The first kappa shape index (κ1) is 18.6. The van der Waals surface area contributed by atoms with Crippen molar-refractivity contribution in [3.8, 4) is 0 Å². The summed E-state index contributed by atoms with van der Waals surface area (Å²) < 4.78 is 0. The molecule has 2 aromatic heterocycles. The van der Waals surface area contributed by atoms with Crippen molar-refractivity contribution in [1.82, 2.24) is 19.9 Å². The van der Waals surface area contributed by atoms with Gasteiger partial charge in [0.25, 0.3) is 5.91 Å². The standard InChI is InChI=1S/C20H21N7O2/c1-12(28)27-8-6-15(11-27)24-17-10-23-18(19(21)29)20(26-17)25-14-4-5-16-13(9-14)3-2-7-22-16/h2-5,7,9-10,15H,6,8,11H2,1H3,(H2,21,29)(H2,24,25,26). The van der Waals surface area contributed by atoms with Gasteiger partial charge in [-0.1, -0.05) is 6.07 Å². The lowest BCUT2D eigenvalue weighted by atomic mass is 10.2. The molecule has 0 radical (unpaired) electrons. The van der Waals surface area contributed by atoms with Crippen LogP contribution in [0.15, 0.2) is 42.7 Å². The van der Waals surface area contributed by atoms with E-state index in [0.29, 0.717) is 18.9 Å². The van der Waals surface area contributed by atoms with Crippen molar-refractivity contribution in [2.24, 2.45) is 5.73 Å². The van der Waals surface area contributed by atoms with Gasteiger partial charge in [0.1, 0.15) is 5.82 Å². The number of likely N-dealkylation sites (tertiary alicyclic amines) is 1. The maximum atomic E-state index is 11.8. The Morgan fingerprint density at radius 1 is 1.24 bits per heavy atom. The first-order valence-corrected chi connectivity index (χ1v) is 9.30. The van der Waals surface area contributed by atoms with Crippen LogP contribution in [0.3, 0.4) is 0 Å². The quantitative estimate of drug-likeness (QED) is 0.606. The summed E-state index contributed by atoms with van der Waals surface area (Å²) in [6, 6.07) is 9.53. The average molecular weight is 391 g/mol. The van der Waals surface area contributed by atoms with Gasteiger partial charge < -0.3 is 21.3 Å². The molecule has 9 nitrogen and oxygen atoms in total. The number of rotatable bonds is 5. The molecule has 1 unspecified atom stereocenters. The summed E-state index contributed by atoms with van der Waals surface area (Å²) in [4.78, 5) is 38.1. The van der Waals surface area contributed by atoms with Crippen molar-refractivity contribution >= 4 is 40.0 Å². The van der Waals surface area contributed by atoms with Crippen LogP contribution in [0.5, 0.6) is 0 Å². The first-order chi connectivity index (χ1) is 14.0. The highest BCUT2D eigenvalue weighted by Gasteiger charge is 2.24. The van der Waals surface area contributed by atoms with E-state index in [1.54, 1.807) is 18.0 Å². The monoisotopic (exact) mass is 391 g/mol. The van der Waals surface area contributed by atoms with Gasteiger partial charge in [0.2, 0.25) is 5.91 Å². The molecule has 0 saturated carbocycles. The number of carbonyl (C=O) groups is 2. The van der Waals surface area contributed by atoms with Crippen LogP contribution >= 0.6 is 0 Å². The van der Waals surface area contributed by atoms with E-state index in [1.807, 2.05) is 30.3 Å². The van der Waals surface area contributed by atoms with Gasteiger partial charge >= 0.3 is 0 Å². The van der Waals surface area contributed by atoms with Crippen LogP contribution in [0, 0.1) is 0 Å². The van der Waals surface area contributed by atoms with E-state index >= 15 is 0 Å². The van der Waals surface area contributed by atoms with Crippen molar-refractivity contribution < 1.29 is 9.59 Å². The summed E-state index contributed by atoms with van der Waals surface area (Å²) in [6.45, 7) is 2.87. The summed E-state index contributed by atoms with van der Waals surface area (Å²) in [5.74, 6) is 0.165. The maximum absolute atomic E-state index is 11.8. The number of fused-ring (bicyclic) bond motifs is 1. The molecule has 4 N–H and O–H groups in total. The first-order valence-electron chi connectivity index (χ1n) is 9.30. The number of pyridine rings is 1. The highest BCUT2D eigenvalue weighted by Crippen LogP contribution is 2.23. The highest BCUT2D eigenvalue weighted by molar-refractivity contribution is 5.96. The molecule has 1 aromatic carbocycles. The minimum atomic E-state index is -0.669. The number of nitrogens with zero attached hydrogens (tertiary/aromatic N) is 4. The number of benzene rings is 1. The van der Waals surface area contributed by atoms with Crippen LogP contribution in [0.4, 0.5) is 17.3 Å². The fourth-order valence-corrected chi connectivity index (χ4v) is 3.39. The topological polar surface area (TPSA) is 126 Å². The summed E-state index contributed by atoms with van der Waals surface area (Å²) in [6.07, 6.45) is 4.03. The number of nitrogens with one attached hydrogen (secondary N) is 2. The van der Waals surface area contributed by atoms with Gasteiger partial charge in [-0.05, 0) is 30.7 Å². The zero-order valence-electron chi connectivity index (χ0n) is 15.9. The third kappa shape index (κ3) is 4.08. The lowest BCUT2D eigenvalue weighted by Crippen LogP contribution is -2.30. The molecule has 29 heavy (non-hydrogen) atoms. The molecule has 1 saturated heterocycles. The predicted octanol–water partition coefficient (Wildman–Crippen LogP) is 1.90. The summed E-state index contributed by atoms with van der Waals surface area (Å²) in [5, 5.41) is 7.36. The number of hydrogen-bond acceptors (Lipinski definition) is 7. The van der Waals surface area contributed by atoms with Crippen LogP contribution in [0.25, 0.3) is 10.9 Å². The van der Waals surface area contributed by atoms with E-state index in [4.69, 9.17) is 5.73 Å². The van der Waals surface area contributed by atoms with Gasteiger partial charge in [-0.2, -0.15) is 0 Å². The SMILES string of the molecule is CC(=O)N1CCC(Nc2cnc(C(N)=O)c(Nc3ccc4ncccc4c3)n2)C1. The van der Waals surface area contributed by atoms with E-state index in [2.05, 4.69) is 25.6 Å². The molecular formula is C20H21N7O2. The van der Waals surface area contributed by atoms with Gasteiger partial charge in [-0.25, -0.2) is 9.97 Å². The summed E-state index contributed by atoms with van der Waals surface area (Å²) in [5.41, 5.74) is 7.13. The number of anilines is 3. The molecule has 4 rings (SSSR count). The Labute approximate surface area is 167 Å². The molecule has 9 heteroatoms. The second-order valence-corrected chi connectivity index (χ2v) is 6.95. The summed E-state index contributed by atoms with van der Waals surface area (Å²) >= 11 is 0. The maximum Gasteiger partial charge on any atom is 0.271 e. The molecule has 1 atom stereocenters. The fourth-order valence-electron chi connectivity index (χ4n) is 3.39. The molecule has 2 amide bonds. The Morgan fingerprint density at radius 2 is 2.10 bits per heavy atom. The van der Waals surface area contributed by atoms with E-state index < -0.39 is 5.91 Å². The zero-order valence-corrected chi connectivity index (χ0v) is 15.9. The minimum absolute atomic E-state index is 0.0533.